The molecule has 0 aliphatic rings. The Morgan fingerprint density at radius 1 is 1.35 bits per heavy atom. The van der Waals surface area contributed by atoms with Gasteiger partial charge in [-0.2, -0.15) is 0 Å². The van der Waals surface area contributed by atoms with Crippen molar-refractivity contribution in [1.29, 1.82) is 0 Å². The number of benzene rings is 1. The fraction of sp³-hybridized carbons (Fsp3) is 0.467. The molecule has 1 atom stereocenters. The zero-order valence-electron chi connectivity index (χ0n) is 11.0. The van der Waals surface area contributed by atoms with Crippen LogP contribution in [-0.2, 0) is 13.0 Å². The van der Waals surface area contributed by atoms with Crippen LogP contribution in [0.5, 0.6) is 0 Å². The molecule has 0 aliphatic heterocycles. The molecule has 0 spiro atoms. The quantitative estimate of drug-likeness (QED) is 0.858. The Kier molecular flexibility index (Phi) is 3.53. The van der Waals surface area contributed by atoms with Gasteiger partial charge in [0.1, 0.15) is 0 Å². The Balaban J connectivity index is 2.53. The first-order chi connectivity index (χ1) is 8.11. The van der Waals surface area contributed by atoms with Crippen LogP contribution in [0.4, 0.5) is 0 Å². The summed E-state index contributed by atoms with van der Waals surface area (Å²) in [5.41, 5.74) is 9.97. The van der Waals surface area contributed by atoms with Gasteiger partial charge in [0.15, 0.2) is 0 Å². The highest BCUT2D eigenvalue weighted by Crippen LogP contribution is 2.24. The number of nitrogens with two attached hydrogens (primary N) is 1. The molecule has 2 nitrogen and oxygen atoms in total. The van der Waals surface area contributed by atoms with Gasteiger partial charge in [-0.05, 0) is 43.9 Å². The normalized spacial score (nSPS) is 13.2. The molecule has 1 aromatic heterocycles. The lowest BCUT2D eigenvalue weighted by Crippen LogP contribution is -2.17. The first-order valence-corrected chi connectivity index (χ1v) is 6.45. The van der Waals surface area contributed by atoms with Crippen LogP contribution in [0.3, 0.4) is 0 Å². The van der Waals surface area contributed by atoms with Crippen LogP contribution in [0.2, 0.25) is 0 Å². The average Bonchev–Trinajstić information content (AvgIpc) is 2.56. The third-order valence-corrected chi connectivity index (χ3v) is 3.13. The van der Waals surface area contributed by atoms with Gasteiger partial charge >= 0.3 is 0 Å². The maximum absolute atomic E-state index is 5.92. The van der Waals surface area contributed by atoms with Crippen molar-refractivity contribution < 1.29 is 0 Å². The Morgan fingerprint density at radius 2 is 2.12 bits per heavy atom. The lowest BCUT2D eigenvalue weighted by atomic mass is 10.1. The molecule has 0 radical (unpaired) electrons. The Bertz CT molecular complexity index is 509. The second kappa shape index (κ2) is 4.92. The summed E-state index contributed by atoms with van der Waals surface area (Å²) in [7, 11) is 0. The van der Waals surface area contributed by atoms with Crippen LogP contribution in [0.25, 0.3) is 10.9 Å². The molecule has 0 aliphatic carbocycles. The van der Waals surface area contributed by atoms with E-state index in [0.717, 1.165) is 19.4 Å². The Labute approximate surface area is 103 Å². The minimum absolute atomic E-state index is 0.219. The lowest BCUT2D eigenvalue weighted by Gasteiger charge is -2.03. The summed E-state index contributed by atoms with van der Waals surface area (Å²) >= 11 is 0. The molecule has 1 unspecified atom stereocenters. The third-order valence-electron chi connectivity index (χ3n) is 3.13. The van der Waals surface area contributed by atoms with E-state index in [1.165, 1.54) is 22.0 Å². The van der Waals surface area contributed by atoms with Crippen molar-refractivity contribution in [1.82, 2.24) is 4.57 Å². The topological polar surface area (TPSA) is 30.9 Å². The van der Waals surface area contributed by atoms with Crippen molar-refractivity contribution in [3.05, 3.63) is 35.5 Å². The second-order valence-corrected chi connectivity index (χ2v) is 5.05. The fourth-order valence-corrected chi connectivity index (χ4v) is 2.41. The predicted molar refractivity (Wildman–Crippen MR) is 74.3 cm³/mol. The van der Waals surface area contributed by atoms with E-state index in [9.17, 15) is 0 Å². The minimum Gasteiger partial charge on any atom is -0.347 e. The van der Waals surface area contributed by atoms with E-state index in [4.69, 9.17) is 5.73 Å². The molecule has 2 aromatic rings. The van der Waals surface area contributed by atoms with Crippen LogP contribution in [-0.4, -0.2) is 10.6 Å². The third kappa shape index (κ3) is 2.52. The van der Waals surface area contributed by atoms with E-state index in [1.807, 2.05) is 0 Å². The molecule has 92 valence electrons. The number of hydrogen-bond acceptors (Lipinski definition) is 1. The van der Waals surface area contributed by atoms with Crippen molar-refractivity contribution in [3.8, 4) is 0 Å². The number of nitrogens with zero attached hydrogens (tertiary/aromatic N) is 1. The number of fused-ring (bicyclic) bond motifs is 1. The van der Waals surface area contributed by atoms with Gasteiger partial charge in [0.05, 0.1) is 0 Å². The second-order valence-electron chi connectivity index (χ2n) is 5.05. The van der Waals surface area contributed by atoms with Crippen molar-refractivity contribution in [2.24, 2.45) is 5.73 Å². The zero-order valence-corrected chi connectivity index (χ0v) is 11.0. The van der Waals surface area contributed by atoms with Gasteiger partial charge < -0.3 is 10.3 Å². The lowest BCUT2D eigenvalue weighted by molar-refractivity contribution is 0.692. The molecule has 0 saturated heterocycles. The maximum Gasteiger partial charge on any atom is 0.0485 e. The summed E-state index contributed by atoms with van der Waals surface area (Å²) in [5.74, 6) is 0. The van der Waals surface area contributed by atoms with Gasteiger partial charge in [-0.3, -0.25) is 0 Å². The van der Waals surface area contributed by atoms with Crippen LogP contribution in [0, 0.1) is 6.92 Å². The average molecular weight is 230 g/mol. The predicted octanol–water partition coefficient (Wildman–Crippen LogP) is 3.25. The highest BCUT2D eigenvalue weighted by Gasteiger charge is 2.09. The van der Waals surface area contributed by atoms with Gasteiger partial charge in [-0.1, -0.05) is 19.1 Å². The van der Waals surface area contributed by atoms with E-state index >= 15 is 0 Å². The van der Waals surface area contributed by atoms with E-state index in [1.54, 1.807) is 0 Å². The van der Waals surface area contributed by atoms with E-state index in [0.29, 0.717) is 0 Å². The summed E-state index contributed by atoms with van der Waals surface area (Å²) in [5, 5.41) is 1.36. The molecule has 2 rings (SSSR count). The fourth-order valence-electron chi connectivity index (χ4n) is 2.41. The van der Waals surface area contributed by atoms with E-state index in [2.05, 4.69) is 49.7 Å². The van der Waals surface area contributed by atoms with Crippen LogP contribution < -0.4 is 5.73 Å². The molecule has 1 heterocycles. The number of rotatable bonds is 4. The molecular formula is C15H22N2. The van der Waals surface area contributed by atoms with Crippen molar-refractivity contribution in [2.75, 3.05) is 0 Å². The Morgan fingerprint density at radius 3 is 2.76 bits per heavy atom. The molecule has 0 fully saturated rings. The maximum atomic E-state index is 5.92. The zero-order chi connectivity index (χ0) is 12.4. The summed E-state index contributed by atoms with van der Waals surface area (Å²) in [6.07, 6.45) is 4.39. The smallest absolute Gasteiger partial charge is 0.0485 e. The standard InChI is InChI=1S/C15H22N2/c1-4-7-17-10-13(9-12(3)16)14-6-5-11(2)8-15(14)17/h5-6,8,10,12H,4,7,9,16H2,1-3H3. The minimum atomic E-state index is 0.219. The van der Waals surface area contributed by atoms with Crippen molar-refractivity contribution >= 4 is 10.9 Å². The van der Waals surface area contributed by atoms with Gasteiger partial charge in [-0.25, -0.2) is 0 Å². The number of hydrogen-bond donors (Lipinski definition) is 1. The molecule has 1 aromatic carbocycles. The molecular weight excluding hydrogens is 208 g/mol. The summed E-state index contributed by atoms with van der Waals surface area (Å²) in [6.45, 7) is 7.51. The monoisotopic (exact) mass is 230 g/mol. The highest BCUT2D eigenvalue weighted by atomic mass is 15.0. The molecule has 0 saturated carbocycles. The Hall–Kier alpha value is -1.28. The van der Waals surface area contributed by atoms with Gasteiger partial charge in [0.2, 0.25) is 0 Å². The van der Waals surface area contributed by atoms with E-state index < -0.39 is 0 Å². The summed E-state index contributed by atoms with van der Waals surface area (Å²) in [6, 6.07) is 6.91. The molecule has 0 bridgehead atoms. The van der Waals surface area contributed by atoms with Crippen LogP contribution in [0.15, 0.2) is 24.4 Å². The van der Waals surface area contributed by atoms with Gasteiger partial charge in [0, 0.05) is 29.7 Å². The summed E-state index contributed by atoms with van der Waals surface area (Å²) < 4.78 is 2.36. The first kappa shape index (κ1) is 12.2. The van der Waals surface area contributed by atoms with E-state index in [-0.39, 0.29) is 6.04 Å². The first-order valence-electron chi connectivity index (χ1n) is 6.45. The van der Waals surface area contributed by atoms with Crippen LogP contribution in [0.1, 0.15) is 31.4 Å². The van der Waals surface area contributed by atoms with Gasteiger partial charge in [0.25, 0.3) is 0 Å². The molecule has 17 heavy (non-hydrogen) atoms. The largest absolute Gasteiger partial charge is 0.347 e. The van der Waals surface area contributed by atoms with Crippen molar-refractivity contribution in [3.63, 3.8) is 0 Å². The van der Waals surface area contributed by atoms with Crippen LogP contribution >= 0.6 is 0 Å². The SMILES string of the molecule is CCCn1cc(CC(C)N)c2ccc(C)cc21. The molecule has 2 heteroatoms. The highest BCUT2D eigenvalue weighted by molar-refractivity contribution is 5.84. The number of aryl methyl sites for hydroxylation is 2. The molecule has 0 amide bonds. The van der Waals surface area contributed by atoms with Crippen molar-refractivity contribution in [2.45, 2.75) is 46.2 Å². The number of aromatic nitrogens is 1. The molecule has 2 N–H and O–H groups in total. The van der Waals surface area contributed by atoms with Gasteiger partial charge in [-0.15, -0.1) is 0 Å². The summed E-state index contributed by atoms with van der Waals surface area (Å²) in [4.78, 5) is 0.